The summed E-state index contributed by atoms with van der Waals surface area (Å²) in [5.74, 6) is 0.504. The summed E-state index contributed by atoms with van der Waals surface area (Å²) in [7, 11) is 0. The van der Waals surface area contributed by atoms with Crippen molar-refractivity contribution in [2.24, 2.45) is 0 Å². The molecule has 0 saturated heterocycles. The van der Waals surface area contributed by atoms with Gasteiger partial charge in [0.15, 0.2) is 0 Å². The molecule has 0 fully saturated rings. The molecule has 2 aromatic heterocycles. The van der Waals surface area contributed by atoms with Gasteiger partial charge >= 0.3 is 0 Å². The van der Waals surface area contributed by atoms with Gasteiger partial charge in [0, 0.05) is 11.9 Å². The predicted octanol–water partition coefficient (Wildman–Crippen LogP) is 2.34. The molecule has 0 spiro atoms. The van der Waals surface area contributed by atoms with Crippen LogP contribution in [0.4, 0.5) is 10.8 Å². The number of anilines is 2. The number of nitrogens with two attached hydrogens (primary N) is 1. The van der Waals surface area contributed by atoms with Crippen molar-refractivity contribution in [1.29, 1.82) is 0 Å². The molecule has 2 aromatic rings. The van der Waals surface area contributed by atoms with Crippen molar-refractivity contribution in [3.05, 3.63) is 10.4 Å². The Labute approximate surface area is 114 Å². The highest BCUT2D eigenvalue weighted by molar-refractivity contribution is 7.11. The van der Waals surface area contributed by atoms with E-state index in [2.05, 4.69) is 14.7 Å². The molecule has 98 valence electrons. The molecule has 4 N–H and O–H groups in total. The van der Waals surface area contributed by atoms with Crippen LogP contribution in [0.5, 0.6) is 0 Å². The first kappa shape index (κ1) is 13.3. The Bertz CT molecular complexity index is 521. The van der Waals surface area contributed by atoms with Gasteiger partial charge in [-0.1, -0.05) is 0 Å². The number of thiazole rings is 1. The summed E-state index contributed by atoms with van der Waals surface area (Å²) in [4.78, 5) is 4.43. The number of nitrogens with zero attached hydrogens (tertiary/aromatic N) is 2. The summed E-state index contributed by atoms with van der Waals surface area (Å²) in [6, 6.07) is 0. The maximum atomic E-state index is 9.24. The van der Waals surface area contributed by atoms with Gasteiger partial charge in [0.25, 0.3) is 0 Å². The lowest BCUT2D eigenvalue weighted by Crippen LogP contribution is -2.09. The molecule has 0 aliphatic heterocycles. The van der Waals surface area contributed by atoms with Crippen molar-refractivity contribution in [2.75, 3.05) is 17.6 Å². The van der Waals surface area contributed by atoms with E-state index in [1.807, 2.05) is 12.3 Å². The van der Waals surface area contributed by atoms with Crippen molar-refractivity contribution in [3.8, 4) is 11.3 Å². The van der Waals surface area contributed by atoms with Gasteiger partial charge in [-0.3, -0.25) is 0 Å². The fourth-order valence-corrected chi connectivity index (χ4v) is 2.90. The second kappa shape index (κ2) is 5.64. The fourth-order valence-electron chi connectivity index (χ4n) is 1.54. The number of aliphatic hydroxyl groups excluding tert-OH is 1. The molecule has 0 bridgehead atoms. The number of nitrogens with one attached hydrogen (secondary N) is 1. The van der Waals surface area contributed by atoms with Gasteiger partial charge < -0.3 is 16.2 Å². The molecule has 7 heteroatoms. The summed E-state index contributed by atoms with van der Waals surface area (Å²) < 4.78 is 4.16. The third-order valence-corrected chi connectivity index (χ3v) is 4.03. The van der Waals surface area contributed by atoms with Gasteiger partial charge in [-0.25, -0.2) is 4.98 Å². The molecule has 0 aliphatic carbocycles. The number of hydrogen-bond acceptors (Lipinski definition) is 7. The Balaban J connectivity index is 2.17. The normalized spacial score (nSPS) is 12.6. The molecule has 0 saturated carbocycles. The van der Waals surface area contributed by atoms with Crippen molar-refractivity contribution < 1.29 is 5.11 Å². The van der Waals surface area contributed by atoms with E-state index < -0.39 is 0 Å². The first-order valence-corrected chi connectivity index (χ1v) is 7.33. The number of aryl methyl sites for hydroxylation is 1. The molecule has 0 radical (unpaired) electrons. The van der Waals surface area contributed by atoms with Crippen LogP contribution in [0, 0.1) is 6.92 Å². The van der Waals surface area contributed by atoms with Crippen LogP contribution in [0.3, 0.4) is 0 Å². The quantitative estimate of drug-likeness (QED) is 0.785. The van der Waals surface area contributed by atoms with Crippen LogP contribution in [0.2, 0.25) is 0 Å². The molecule has 0 aromatic carbocycles. The van der Waals surface area contributed by atoms with Crippen molar-refractivity contribution in [3.63, 3.8) is 0 Å². The fraction of sp³-hybridized carbons (Fsp3) is 0.455. The maximum absolute atomic E-state index is 9.24. The Morgan fingerprint density at radius 1 is 1.56 bits per heavy atom. The van der Waals surface area contributed by atoms with Crippen LogP contribution >= 0.6 is 22.9 Å². The largest absolute Gasteiger partial charge is 0.393 e. The first-order chi connectivity index (χ1) is 8.58. The van der Waals surface area contributed by atoms with Gasteiger partial charge in [0.2, 0.25) is 0 Å². The van der Waals surface area contributed by atoms with E-state index in [1.54, 1.807) is 18.3 Å². The molecular formula is C11H16N4OS2. The van der Waals surface area contributed by atoms with Crippen LogP contribution in [-0.4, -0.2) is 27.1 Å². The number of aromatic nitrogens is 2. The third kappa shape index (κ3) is 2.98. The molecular weight excluding hydrogens is 268 g/mol. The van der Waals surface area contributed by atoms with Crippen molar-refractivity contribution in [2.45, 2.75) is 26.4 Å². The zero-order chi connectivity index (χ0) is 13.1. The zero-order valence-corrected chi connectivity index (χ0v) is 11.9. The number of aliphatic hydroxyl groups is 1. The lowest BCUT2D eigenvalue weighted by Gasteiger charge is -2.07. The summed E-state index contributed by atoms with van der Waals surface area (Å²) in [6.07, 6.45) is 0.376. The number of rotatable bonds is 5. The second-order valence-corrected chi connectivity index (χ2v) is 5.92. The van der Waals surface area contributed by atoms with Crippen LogP contribution in [-0.2, 0) is 0 Å². The average Bonchev–Trinajstić information content (AvgIpc) is 2.85. The Morgan fingerprint density at radius 3 is 2.94 bits per heavy atom. The number of nitrogen functional groups attached to an aromatic ring is 1. The molecule has 0 aliphatic rings. The van der Waals surface area contributed by atoms with Gasteiger partial charge in [-0.15, -0.1) is 11.3 Å². The van der Waals surface area contributed by atoms with E-state index in [-0.39, 0.29) is 6.10 Å². The van der Waals surface area contributed by atoms with Crippen LogP contribution in [0.15, 0.2) is 5.38 Å². The number of hydrogen-bond donors (Lipinski definition) is 3. The lowest BCUT2D eigenvalue weighted by atomic mass is 10.2. The van der Waals surface area contributed by atoms with Crippen molar-refractivity contribution >= 4 is 33.7 Å². The van der Waals surface area contributed by atoms with E-state index >= 15 is 0 Å². The highest BCUT2D eigenvalue weighted by Gasteiger charge is 2.15. The van der Waals surface area contributed by atoms with Crippen LogP contribution in [0.1, 0.15) is 18.4 Å². The smallest absolute Gasteiger partial charge is 0.148 e. The van der Waals surface area contributed by atoms with E-state index in [1.165, 1.54) is 11.5 Å². The standard InChI is InChI=1S/C11H16N4OS2/c1-6(16)3-4-13-11-9(10(12)15-18-11)8-5-17-7(2)14-8/h5-6,13,16H,3-4H2,1-2H3,(H2,12,15). The molecule has 1 atom stereocenters. The minimum Gasteiger partial charge on any atom is -0.393 e. The monoisotopic (exact) mass is 284 g/mol. The van der Waals surface area contributed by atoms with Gasteiger partial charge in [0.1, 0.15) is 10.8 Å². The predicted molar refractivity (Wildman–Crippen MR) is 77.2 cm³/mol. The molecule has 1 unspecified atom stereocenters. The van der Waals surface area contributed by atoms with Gasteiger partial charge in [-0.05, 0) is 31.8 Å². The van der Waals surface area contributed by atoms with E-state index in [0.717, 1.165) is 21.3 Å². The zero-order valence-electron chi connectivity index (χ0n) is 10.3. The lowest BCUT2D eigenvalue weighted by molar-refractivity contribution is 0.189. The average molecular weight is 284 g/mol. The third-order valence-electron chi connectivity index (χ3n) is 2.44. The Hall–Kier alpha value is -1.18. The first-order valence-electron chi connectivity index (χ1n) is 5.67. The highest BCUT2D eigenvalue weighted by atomic mass is 32.1. The molecule has 5 nitrogen and oxygen atoms in total. The summed E-state index contributed by atoms with van der Waals surface area (Å²) in [5.41, 5.74) is 7.62. The maximum Gasteiger partial charge on any atom is 0.148 e. The van der Waals surface area contributed by atoms with Crippen molar-refractivity contribution in [1.82, 2.24) is 9.36 Å². The van der Waals surface area contributed by atoms with E-state index in [0.29, 0.717) is 18.8 Å². The minimum atomic E-state index is -0.312. The highest BCUT2D eigenvalue weighted by Crippen LogP contribution is 2.36. The molecule has 2 heterocycles. The molecule has 2 rings (SSSR count). The van der Waals surface area contributed by atoms with E-state index in [9.17, 15) is 5.11 Å². The van der Waals surface area contributed by atoms with E-state index in [4.69, 9.17) is 5.73 Å². The molecule has 0 amide bonds. The topological polar surface area (TPSA) is 84.1 Å². The van der Waals surface area contributed by atoms with Gasteiger partial charge in [-0.2, -0.15) is 4.37 Å². The summed E-state index contributed by atoms with van der Waals surface area (Å²) in [5, 5.41) is 16.4. The second-order valence-electron chi connectivity index (χ2n) is 4.09. The van der Waals surface area contributed by atoms with Crippen LogP contribution < -0.4 is 11.1 Å². The Morgan fingerprint density at radius 2 is 2.33 bits per heavy atom. The van der Waals surface area contributed by atoms with Gasteiger partial charge in [0.05, 0.1) is 22.4 Å². The minimum absolute atomic E-state index is 0.312. The Kier molecular flexibility index (Phi) is 4.15. The SMILES string of the molecule is Cc1nc(-c2c(N)nsc2NCCC(C)O)cs1. The summed E-state index contributed by atoms with van der Waals surface area (Å²) >= 11 is 2.92. The molecule has 18 heavy (non-hydrogen) atoms. The summed E-state index contributed by atoms with van der Waals surface area (Å²) in [6.45, 7) is 4.42. The van der Waals surface area contributed by atoms with Crippen LogP contribution in [0.25, 0.3) is 11.3 Å².